The van der Waals surface area contributed by atoms with Gasteiger partial charge in [0, 0.05) is 18.6 Å². The first-order valence-corrected chi connectivity index (χ1v) is 8.69. The molecule has 0 aromatic carbocycles. The van der Waals surface area contributed by atoms with Crippen LogP contribution in [0.4, 0.5) is 0 Å². The Bertz CT molecular complexity index is 331. The predicted octanol–water partition coefficient (Wildman–Crippen LogP) is 2.57. The largest absolute Gasteiger partial charge is 0.468 e. The summed E-state index contributed by atoms with van der Waals surface area (Å²) in [5.74, 6) is 0.781. The number of ether oxygens (including phenoxy) is 1. The second kappa shape index (κ2) is 8.14. The Labute approximate surface area is 129 Å². The number of esters is 1. The number of carbonyl (C=O) groups excluding carboxylic acids is 1. The molecule has 1 saturated carbocycles. The van der Waals surface area contributed by atoms with Crippen molar-refractivity contribution in [3.8, 4) is 0 Å². The Kier molecular flexibility index (Phi) is 6.49. The first-order chi connectivity index (χ1) is 10.1. The van der Waals surface area contributed by atoms with Crippen molar-refractivity contribution in [1.29, 1.82) is 0 Å². The molecule has 1 heterocycles. The third kappa shape index (κ3) is 4.68. The van der Waals surface area contributed by atoms with E-state index in [1.165, 1.54) is 52.2 Å². The summed E-state index contributed by atoms with van der Waals surface area (Å²) < 4.78 is 4.94. The summed E-state index contributed by atoms with van der Waals surface area (Å²) in [7, 11) is 1.48. The van der Waals surface area contributed by atoms with Gasteiger partial charge in [-0.3, -0.25) is 4.79 Å². The van der Waals surface area contributed by atoms with Gasteiger partial charge in [-0.25, -0.2) is 0 Å². The summed E-state index contributed by atoms with van der Waals surface area (Å²) in [5, 5.41) is 3.34. The summed E-state index contributed by atoms with van der Waals surface area (Å²) in [5.41, 5.74) is 0. The van der Waals surface area contributed by atoms with Crippen LogP contribution in [0.1, 0.15) is 58.8 Å². The highest BCUT2D eigenvalue weighted by molar-refractivity contribution is 5.75. The molecule has 3 unspecified atom stereocenters. The number of piperidine rings is 1. The second-order valence-corrected chi connectivity index (χ2v) is 6.98. The number of hydrogen-bond acceptors (Lipinski definition) is 4. The highest BCUT2D eigenvalue weighted by Crippen LogP contribution is 2.35. The van der Waals surface area contributed by atoms with E-state index in [9.17, 15) is 4.79 Å². The molecule has 4 heteroatoms. The molecule has 0 aromatic heterocycles. The third-order valence-electron chi connectivity index (χ3n) is 5.08. The number of hydrogen-bond donors (Lipinski definition) is 1. The monoisotopic (exact) mass is 296 g/mol. The molecule has 122 valence electrons. The molecule has 0 amide bonds. The Morgan fingerprint density at radius 2 is 1.95 bits per heavy atom. The van der Waals surface area contributed by atoms with Crippen LogP contribution in [0.5, 0.6) is 0 Å². The summed E-state index contributed by atoms with van der Waals surface area (Å²) in [6.45, 7) is 6.37. The first-order valence-electron chi connectivity index (χ1n) is 8.69. The number of likely N-dealkylation sites (tertiary alicyclic amines) is 1. The molecule has 3 atom stereocenters. The van der Waals surface area contributed by atoms with Gasteiger partial charge >= 0.3 is 5.97 Å². The van der Waals surface area contributed by atoms with Crippen molar-refractivity contribution in [2.75, 3.05) is 20.2 Å². The molecule has 0 aromatic rings. The van der Waals surface area contributed by atoms with Crippen molar-refractivity contribution in [1.82, 2.24) is 10.2 Å². The van der Waals surface area contributed by atoms with Gasteiger partial charge in [-0.1, -0.05) is 26.7 Å². The predicted molar refractivity (Wildman–Crippen MR) is 85.2 cm³/mol. The number of methoxy groups -OCH3 is 1. The maximum absolute atomic E-state index is 11.9. The fraction of sp³-hybridized carbons (Fsp3) is 0.941. The van der Waals surface area contributed by atoms with E-state index < -0.39 is 0 Å². The van der Waals surface area contributed by atoms with E-state index in [1.807, 2.05) is 0 Å². The Hall–Kier alpha value is -0.610. The average Bonchev–Trinajstić information content (AvgIpc) is 2.50. The molecule has 1 aliphatic heterocycles. The van der Waals surface area contributed by atoms with E-state index in [4.69, 9.17) is 4.74 Å². The molecule has 1 N–H and O–H groups in total. The molecule has 4 nitrogen and oxygen atoms in total. The van der Waals surface area contributed by atoms with Crippen molar-refractivity contribution in [2.45, 2.75) is 76.9 Å². The molecule has 2 aliphatic rings. The van der Waals surface area contributed by atoms with Crippen molar-refractivity contribution in [3.05, 3.63) is 0 Å². The average molecular weight is 296 g/mol. The molecular formula is C17H32N2O2. The lowest BCUT2D eigenvalue weighted by atomic mass is 9.78. The molecular weight excluding hydrogens is 264 g/mol. The van der Waals surface area contributed by atoms with Gasteiger partial charge in [-0.05, 0) is 44.6 Å². The topological polar surface area (TPSA) is 41.6 Å². The summed E-state index contributed by atoms with van der Waals surface area (Å²) >= 11 is 0. The van der Waals surface area contributed by atoms with Gasteiger partial charge in [0.2, 0.25) is 0 Å². The van der Waals surface area contributed by atoms with Gasteiger partial charge in [0.15, 0.2) is 0 Å². The molecule has 0 spiro atoms. The zero-order valence-corrected chi connectivity index (χ0v) is 13.9. The molecule has 2 fully saturated rings. The van der Waals surface area contributed by atoms with Gasteiger partial charge in [0.25, 0.3) is 0 Å². The van der Waals surface area contributed by atoms with Crippen LogP contribution in [-0.2, 0) is 9.53 Å². The quantitative estimate of drug-likeness (QED) is 0.765. The lowest BCUT2D eigenvalue weighted by molar-refractivity contribution is -0.143. The van der Waals surface area contributed by atoms with E-state index in [0.29, 0.717) is 6.04 Å². The fourth-order valence-corrected chi connectivity index (χ4v) is 4.11. The maximum Gasteiger partial charge on any atom is 0.322 e. The van der Waals surface area contributed by atoms with Crippen LogP contribution in [-0.4, -0.2) is 49.2 Å². The van der Waals surface area contributed by atoms with Crippen LogP contribution >= 0.6 is 0 Å². The number of fused-ring (bicyclic) bond motifs is 1. The van der Waals surface area contributed by atoms with Crippen LogP contribution in [0.2, 0.25) is 0 Å². The zero-order valence-electron chi connectivity index (χ0n) is 13.9. The highest BCUT2D eigenvalue weighted by atomic mass is 16.5. The van der Waals surface area contributed by atoms with Gasteiger partial charge in [0.1, 0.15) is 6.04 Å². The molecule has 1 aliphatic carbocycles. The molecule has 0 bridgehead atoms. The van der Waals surface area contributed by atoms with Crippen molar-refractivity contribution in [2.24, 2.45) is 5.92 Å². The Morgan fingerprint density at radius 3 is 2.67 bits per heavy atom. The van der Waals surface area contributed by atoms with Crippen molar-refractivity contribution in [3.63, 3.8) is 0 Å². The van der Waals surface area contributed by atoms with E-state index in [-0.39, 0.29) is 12.0 Å². The number of carbonyl (C=O) groups is 1. The molecule has 2 rings (SSSR count). The summed E-state index contributed by atoms with van der Waals surface area (Å²) in [6, 6.07) is 0.904. The van der Waals surface area contributed by atoms with Crippen molar-refractivity contribution >= 4 is 5.97 Å². The first kappa shape index (κ1) is 16.8. The molecule has 21 heavy (non-hydrogen) atoms. The van der Waals surface area contributed by atoms with E-state index in [0.717, 1.165) is 24.9 Å². The van der Waals surface area contributed by atoms with E-state index >= 15 is 0 Å². The van der Waals surface area contributed by atoms with Crippen LogP contribution in [0.15, 0.2) is 0 Å². The Morgan fingerprint density at radius 1 is 1.24 bits per heavy atom. The lowest BCUT2D eigenvalue weighted by Gasteiger charge is -2.44. The smallest absolute Gasteiger partial charge is 0.322 e. The SMILES string of the molecule is COC(=O)C(CCN1CCCC2CCCCC21)NC(C)C. The minimum atomic E-state index is -0.168. The standard InChI is InChI=1S/C17H32N2O2/c1-13(2)18-15(17(20)21-3)10-12-19-11-6-8-14-7-4-5-9-16(14)19/h13-16,18H,4-12H2,1-3H3. The van der Waals surface area contributed by atoms with Crippen LogP contribution < -0.4 is 5.32 Å². The van der Waals surface area contributed by atoms with Gasteiger partial charge in [-0.2, -0.15) is 0 Å². The van der Waals surface area contributed by atoms with Gasteiger partial charge in [-0.15, -0.1) is 0 Å². The van der Waals surface area contributed by atoms with Gasteiger partial charge < -0.3 is 15.0 Å². The van der Waals surface area contributed by atoms with Gasteiger partial charge in [0.05, 0.1) is 7.11 Å². The van der Waals surface area contributed by atoms with Crippen LogP contribution in [0.3, 0.4) is 0 Å². The Balaban J connectivity index is 1.88. The third-order valence-corrected chi connectivity index (χ3v) is 5.08. The van der Waals surface area contributed by atoms with E-state index in [1.54, 1.807) is 0 Å². The fourth-order valence-electron chi connectivity index (χ4n) is 4.11. The zero-order chi connectivity index (χ0) is 15.2. The molecule has 1 saturated heterocycles. The number of rotatable bonds is 6. The summed E-state index contributed by atoms with van der Waals surface area (Å²) in [6.07, 6.45) is 9.13. The molecule has 0 radical (unpaired) electrons. The number of nitrogens with zero attached hydrogens (tertiary/aromatic N) is 1. The van der Waals surface area contributed by atoms with E-state index in [2.05, 4.69) is 24.1 Å². The van der Waals surface area contributed by atoms with Crippen molar-refractivity contribution < 1.29 is 9.53 Å². The summed E-state index contributed by atoms with van der Waals surface area (Å²) in [4.78, 5) is 14.5. The second-order valence-electron chi connectivity index (χ2n) is 6.98. The number of nitrogens with one attached hydrogen (secondary N) is 1. The minimum absolute atomic E-state index is 0.124. The van der Waals surface area contributed by atoms with Crippen LogP contribution in [0.25, 0.3) is 0 Å². The normalized spacial score (nSPS) is 28.2. The maximum atomic E-state index is 11.9. The highest BCUT2D eigenvalue weighted by Gasteiger charge is 2.33. The minimum Gasteiger partial charge on any atom is -0.468 e. The van der Waals surface area contributed by atoms with Crippen LogP contribution in [0, 0.1) is 5.92 Å². The lowest BCUT2D eigenvalue weighted by Crippen LogP contribution is -2.49.